The smallest absolute Gasteiger partial charge is 0.124 e. The summed E-state index contributed by atoms with van der Waals surface area (Å²) in [6.45, 7) is 5.62. The number of benzene rings is 1. The van der Waals surface area contributed by atoms with Crippen molar-refractivity contribution < 1.29 is 5.11 Å². The molecule has 0 saturated carbocycles. The van der Waals surface area contributed by atoms with Crippen LogP contribution in [0.2, 0.25) is 0 Å². The van der Waals surface area contributed by atoms with Gasteiger partial charge in [0.1, 0.15) is 11.6 Å². The molecule has 104 valence electrons. The zero-order valence-corrected chi connectivity index (χ0v) is 11.1. The Labute approximate surface area is 117 Å². The lowest BCUT2D eigenvalue weighted by Gasteiger charge is -2.41. The average Bonchev–Trinajstić information content (AvgIpc) is 2.60. The van der Waals surface area contributed by atoms with E-state index >= 15 is 0 Å². The van der Waals surface area contributed by atoms with E-state index in [0.29, 0.717) is 17.1 Å². The summed E-state index contributed by atoms with van der Waals surface area (Å²) >= 11 is 0. The zero-order valence-electron chi connectivity index (χ0n) is 11.1. The lowest BCUT2D eigenvalue weighted by Crippen LogP contribution is -2.54. The van der Waals surface area contributed by atoms with E-state index in [4.69, 9.17) is 11.5 Å². The molecule has 5 nitrogen and oxygen atoms in total. The van der Waals surface area contributed by atoms with Crippen LogP contribution >= 0.6 is 0 Å². The molecule has 0 bridgehead atoms. The fourth-order valence-electron chi connectivity index (χ4n) is 2.72. The molecule has 0 unspecified atom stereocenters. The summed E-state index contributed by atoms with van der Waals surface area (Å²) in [4.78, 5) is 0. The third-order valence-electron chi connectivity index (χ3n) is 4.04. The topological polar surface area (TPSA) is 96.3 Å². The lowest BCUT2D eigenvalue weighted by molar-refractivity contribution is 0.283. The van der Waals surface area contributed by atoms with E-state index in [1.807, 2.05) is 12.1 Å². The number of para-hydroxylation sites is 1. The van der Waals surface area contributed by atoms with Crippen molar-refractivity contribution in [3.63, 3.8) is 0 Å². The number of hydrogen-bond donors (Lipinski definition) is 5. The minimum atomic E-state index is -0.181. The van der Waals surface area contributed by atoms with Gasteiger partial charge in [-0.2, -0.15) is 0 Å². The summed E-state index contributed by atoms with van der Waals surface area (Å²) < 4.78 is 0. The number of allylic oxidation sites excluding steroid dienone is 1. The SMILES string of the molecule is C=C1NC(N)=C(/C=C(\N)c2ccccc2O)C12CNC2. The first-order valence-electron chi connectivity index (χ1n) is 6.47. The number of phenolic OH excluding ortho intramolecular Hbond substituents is 1. The van der Waals surface area contributed by atoms with Gasteiger partial charge in [0, 0.05) is 35.6 Å². The van der Waals surface area contributed by atoms with E-state index < -0.39 is 0 Å². The molecule has 0 aliphatic carbocycles. The quantitative estimate of drug-likeness (QED) is 0.541. The first-order valence-corrected chi connectivity index (χ1v) is 6.47. The predicted octanol–water partition coefficient (Wildman–Crippen LogP) is 0.569. The third kappa shape index (κ3) is 1.67. The number of aromatic hydroxyl groups is 1. The maximum Gasteiger partial charge on any atom is 0.124 e. The van der Waals surface area contributed by atoms with E-state index in [1.165, 1.54) is 0 Å². The Bertz CT molecular complexity index is 641. The normalized spacial score (nSPS) is 21.0. The molecule has 5 heteroatoms. The monoisotopic (exact) mass is 270 g/mol. The van der Waals surface area contributed by atoms with Crippen molar-refractivity contribution in [3.05, 3.63) is 59.6 Å². The highest BCUT2D eigenvalue weighted by atomic mass is 16.3. The number of rotatable bonds is 2. The molecule has 0 aromatic heterocycles. The molecule has 0 radical (unpaired) electrons. The maximum atomic E-state index is 9.86. The van der Waals surface area contributed by atoms with E-state index in [1.54, 1.807) is 18.2 Å². The van der Waals surface area contributed by atoms with Crippen molar-refractivity contribution in [1.29, 1.82) is 0 Å². The molecule has 2 aliphatic rings. The molecule has 1 aromatic rings. The second kappa shape index (κ2) is 4.31. The number of nitrogens with two attached hydrogens (primary N) is 2. The second-order valence-corrected chi connectivity index (χ2v) is 5.23. The van der Waals surface area contributed by atoms with Gasteiger partial charge in [0.15, 0.2) is 0 Å². The van der Waals surface area contributed by atoms with Gasteiger partial charge < -0.3 is 27.2 Å². The second-order valence-electron chi connectivity index (χ2n) is 5.23. The molecule has 1 spiro atoms. The zero-order chi connectivity index (χ0) is 14.3. The molecule has 1 fully saturated rings. The van der Waals surface area contributed by atoms with E-state index in [-0.39, 0.29) is 11.2 Å². The van der Waals surface area contributed by atoms with Gasteiger partial charge in [0.2, 0.25) is 0 Å². The molecule has 0 atom stereocenters. The molecule has 0 amide bonds. The summed E-state index contributed by atoms with van der Waals surface area (Å²) in [5.41, 5.74) is 14.9. The molecular weight excluding hydrogens is 252 g/mol. The average molecular weight is 270 g/mol. The Morgan fingerprint density at radius 3 is 2.65 bits per heavy atom. The molecule has 20 heavy (non-hydrogen) atoms. The number of hydrogen-bond acceptors (Lipinski definition) is 5. The fraction of sp³-hybridized carbons (Fsp3) is 0.200. The summed E-state index contributed by atoms with van der Waals surface area (Å²) in [5, 5.41) is 16.2. The van der Waals surface area contributed by atoms with Gasteiger partial charge in [0.05, 0.1) is 5.41 Å². The van der Waals surface area contributed by atoms with Crippen LogP contribution in [0.3, 0.4) is 0 Å². The van der Waals surface area contributed by atoms with Crippen LogP contribution in [0.15, 0.2) is 54.0 Å². The van der Waals surface area contributed by atoms with E-state index in [9.17, 15) is 5.11 Å². The van der Waals surface area contributed by atoms with Gasteiger partial charge in [-0.25, -0.2) is 0 Å². The van der Waals surface area contributed by atoms with Crippen molar-refractivity contribution in [2.75, 3.05) is 13.1 Å². The van der Waals surface area contributed by atoms with Crippen LogP contribution in [0.5, 0.6) is 5.75 Å². The molecule has 3 rings (SSSR count). The van der Waals surface area contributed by atoms with E-state index in [2.05, 4.69) is 17.2 Å². The summed E-state index contributed by atoms with van der Waals surface area (Å²) in [5.74, 6) is 0.737. The Morgan fingerprint density at radius 1 is 1.35 bits per heavy atom. The Kier molecular flexibility index (Phi) is 2.72. The summed E-state index contributed by atoms with van der Waals surface area (Å²) in [6, 6.07) is 6.98. The maximum absolute atomic E-state index is 9.86. The van der Waals surface area contributed by atoms with Gasteiger partial charge in [-0.3, -0.25) is 0 Å². The third-order valence-corrected chi connectivity index (χ3v) is 4.04. The van der Waals surface area contributed by atoms with Crippen molar-refractivity contribution in [1.82, 2.24) is 10.6 Å². The number of phenols is 1. The van der Waals surface area contributed by atoms with E-state index in [0.717, 1.165) is 24.4 Å². The van der Waals surface area contributed by atoms with Crippen molar-refractivity contribution >= 4 is 5.70 Å². The van der Waals surface area contributed by atoms with Crippen LogP contribution in [-0.2, 0) is 0 Å². The summed E-state index contributed by atoms with van der Waals surface area (Å²) in [6.07, 6.45) is 1.83. The largest absolute Gasteiger partial charge is 0.507 e. The Balaban J connectivity index is 2.01. The van der Waals surface area contributed by atoms with Crippen molar-refractivity contribution in [2.24, 2.45) is 16.9 Å². The lowest BCUT2D eigenvalue weighted by atomic mass is 9.74. The van der Waals surface area contributed by atoms with Crippen LogP contribution in [-0.4, -0.2) is 18.2 Å². The van der Waals surface area contributed by atoms with Gasteiger partial charge in [-0.05, 0) is 18.2 Å². The van der Waals surface area contributed by atoms with Crippen LogP contribution in [0.4, 0.5) is 0 Å². The van der Waals surface area contributed by atoms with Crippen LogP contribution in [0, 0.1) is 5.41 Å². The van der Waals surface area contributed by atoms with Crippen molar-refractivity contribution in [2.45, 2.75) is 0 Å². The van der Waals surface area contributed by atoms with Crippen LogP contribution < -0.4 is 22.1 Å². The van der Waals surface area contributed by atoms with Crippen LogP contribution in [0.25, 0.3) is 5.70 Å². The standard InChI is InChI=1S/C15H18N4O/c1-9-15(7-18-8-15)11(14(17)19-9)6-12(16)10-4-2-3-5-13(10)20/h2-6,18-20H,1,7-8,16-17H2/b12-6-. The van der Waals surface area contributed by atoms with Crippen LogP contribution in [0.1, 0.15) is 5.56 Å². The predicted molar refractivity (Wildman–Crippen MR) is 79.1 cm³/mol. The van der Waals surface area contributed by atoms with Crippen molar-refractivity contribution in [3.8, 4) is 5.75 Å². The van der Waals surface area contributed by atoms with Gasteiger partial charge in [-0.15, -0.1) is 0 Å². The summed E-state index contributed by atoms with van der Waals surface area (Å²) in [7, 11) is 0. The van der Waals surface area contributed by atoms with Gasteiger partial charge in [0.25, 0.3) is 0 Å². The fourth-order valence-corrected chi connectivity index (χ4v) is 2.72. The molecule has 1 saturated heterocycles. The Hall–Kier alpha value is -2.40. The highest BCUT2D eigenvalue weighted by Gasteiger charge is 2.47. The Morgan fingerprint density at radius 2 is 2.05 bits per heavy atom. The first-order chi connectivity index (χ1) is 9.54. The number of nitrogens with one attached hydrogen (secondary N) is 2. The molecule has 7 N–H and O–H groups in total. The minimum absolute atomic E-state index is 0.158. The van der Waals surface area contributed by atoms with Gasteiger partial charge in [-0.1, -0.05) is 18.7 Å². The highest BCUT2D eigenvalue weighted by molar-refractivity contribution is 5.71. The molecule has 2 aliphatic heterocycles. The molecule has 1 aromatic carbocycles. The highest BCUT2D eigenvalue weighted by Crippen LogP contribution is 2.44. The first kappa shape index (κ1) is 12.6. The molecule has 2 heterocycles. The van der Waals surface area contributed by atoms with Gasteiger partial charge >= 0.3 is 0 Å². The minimum Gasteiger partial charge on any atom is -0.507 e. The molecular formula is C15H18N4O.